The molecule has 1 amide bonds. The number of carbonyl (C=O) groups excluding carboxylic acids is 1. The van der Waals surface area contributed by atoms with Gasteiger partial charge in [0.2, 0.25) is 0 Å². The predicted octanol–water partition coefficient (Wildman–Crippen LogP) is 2.33. The van der Waals surface area contributed by atoms with Crippen LogP contribution in [0.1, 0.15) is 31.1 Å². The second-order valence-corrected chi connectivity index (χ2v) is 6.66. The number of pyridine rings is 1. The first kappa shape index (κ1) is 16.0. The fourth-order valence-electron chi connectivity index (χ4n) is 2.50. The van der Waals surface area contributed by atoms with Crippen molar-refractivity contribution in [1.29, 1.82) is 0 Å². The quantitative estimate of drug-likeness (QED) is 0.911. The van der Waals surface area contributed by atoms with Crippen molar-refractivity contribution in [1.82, 2.24) is 14.8 Å². The monoisotopic (exact) mass is 310 g/mol. The maximum Gasteiger partial charge on any atom is 0.255 e. The molecule has 1 fully saturated rings. The van der Waals surface area contributed by atoms with Crippen molar-refractivity contribution in [2.75, 3.05) is 38.5 Å². The normalized spacial score (nSPS) is 16.9. The number of hydrogen-bond donors (Lipinski definition) is 1. The van der Waals surface area contributed by atoms with Crippen LogP contribution in [0, 0.1) is 0 Å². The standard InChI is InChI=1S/C15H23ClN4O/c1-15(2,3)20-7-5-19(6-8-20)14(21)11-9-12(16)13(17-4)18-10-11/h9-10H,5-8H2,1-4H3,(H,17,18). The zero-order valence-electron chi connectivity index (χ0n) is 13.1. The van der Waals surface area contributed by atoms with Crippen LogP contribution in [0.5, 0.6) is 0 Å². The fourth-order valence-corrected chi connectivity index (χ4v) is 2.76. The summed E-state index contributed by atoms with van der Waals surface area (Å²) in [6.07, 6.45) is 1.58. The molecule has 1 saturated heterocycles. The van der Waals surface area contributed by atoms with Crippen molar-refractivity contribution >= 4 is 23.3 Å². The zero-order chi connectivity index (χ0) is 15.6. The lowest BCUT2D eigenvalue weighted by atomic mass is 10.0. The van der Waals surface area contributed by atoms with Gasteiger partial charge in [0, 0.05) is 45.0 Å². The molecule has 1 aromatic rings. The summed E-state index contributed by atoms with van der Waals surface area (Å²) < 4.78 is 0. The van der Waals surface area contributed by atoms with Crippen LogP contribution < -0.4 is 5.32 Å². The van der Waals surface area contributed by atoms with Gasteiger partial charge in [-0.1, -0.05) is 11.6 Å². The van der Waals surface area contributed by atoms with Gasteiger partial charge in [0.25, 0.3) is 5.91 Å². The van der Waals surface area contributed by atoms with Crippen molar-refractivity contribution in [2.45, 2.75) is 26.3 Å². The first-order chi connectivity index (χ1) is 9.82. The van der Waals surface area contributed by atoms with Gasteiger partial charge in [-0.25, -0.2) is 4.98 Å². The Morgan fingerprint density at radius 3 is 2.38 bits per heavy atom. The van der Waals surface area contributed by atoms with E-state index in [0.29, 0.717) is 16.4 Å². The Morgan fingerprint density at radius 2 is 1.90 bits per heavy atom. The summed E-state index contributed by atoms with van der Waals surface area (Å²) in [5.74, 6) is 0.589. The van der Waals surface area contributed by atoms with Crippen LogP contribution in [0.15, 0.2) is 12.3 Å². The maximum absolute atomic E-state index is 12.5. The van der Waals surface area contributed by atoms with Crippen LogP contribution in [0.2, 0.25) is 5.02 Å². The summed E-state index contributed by atoms with van der Waals surface area (Å²) in [6, 6.07) is 1.68. The molecular weight excluding hydrogens is 288 g/mol. The summed E-state index contributed by atoms with van der Waals surface area (Å²) in [7, 11) is 1.75. The summed E-state index contributed by atoms with van der Waals surface area (Å²) in [4.78, 5) is 20.9. The van der Waals surface area contributed by atoms with Gasteiger partial charge in [-0.2, -0.15) is 0 Å². The van der Waals surface area contributed by atoms with Gasteiger partial charge in [-0.05, 0) is 26.8 Å². The van der Waals surface area contributed by atoms with Crippen LogP contribution in [0.3, 0.4) is 0 Å². The molecule has 2 rings (SSSR count). The summed E-state index contributed by atoms with van der Waals surface area (Å²) >= 11 is 6.09. The van der Waals surface area contributed by atoms with Gasteiger partial charge in [0.15, 0.2) is 0 Å². The molecule has 1 N–H and O–H groups in total. The van der Waals surface area contributed by atoms with Crippen molar-refractivity contribution in [3.63, 3.8) is 0 Å². The Hall–Kier alpha value is -1.33. The summed E-state index contributed by atoms with van der Waals surface area (Å²) in [5.41, 5.74) is 0.692. The Labute approximate surface area is 131 Å². The van der Waals surface area contributed by atoms with E-state index in [1.165, 1.54) is 0 Å². The number of nitrogens with zero attached hydrogens (tertiary/aromatic N) is 3. The third kappa shape index (κ3) is 3.66. The maximum atomic E-state index is 12.5. The molecule has 0 aromatic carbocycles. The number of anilines is 1. The first-order valence-electron chi connectivity index (χ1n) is 7.20. The number of hydrogen-bond acceptors (Lipinski definition) is 4. The Kier molecular flexibility index (Phi) is 4.74. The number of piperazine rings is 1. The van der Waals surface area contributed by atoms with E-state index in [4.69, 9.17) is 11.6 Å². The number of aromatic nitrogens is 1. The molecule has 1 aliphatic rings. The second-order valence-electron chi connectivity index (χ2n) is 6.25. The number of rotatable bonds is 2. The molecular formula is C15H23ClN4O. The van der Waals surface area contributed by atoms with Gasteiger partial charge in [0.1, 0.15) is 5.82 Å². The third-order valence-corrected chi connectivity index (χ3v) is 4.13. The first-order valence-corrected chi connectivity index (χ1v) is 7.58. The number of carbonyl (C=O) groups is 1. The number of amides is 1. The minimum absolute atomic E-state index is 0.000567. The minimum atomic E-state index is 0.000567. The SMILES string of the molecule is CNc1ncc(C(=O)N2CCN(C(C)(C)C)CC2)cc1Cl. The van der Waals surface area contributed by atoms with Crippen molar-refractivity contribution < 1.29 is 4.79 Å². The molecule has 1 aromatic heterocycles. The van der Waals surface area contributed by atoms with E-state index < -0.39 is 0 Å². The minimum Gasteiger partial charge on any atom is -0.372 e. The Morgan fingerprint density at radius 1 is 1.29 bits per heavy atom. The van der Waals surface area contributed by atoms with E-state index in [2.05, 4.69) is 36.0 Å². The Bertz CT molecular complexity index is 519. The molecule has 5 nitrogen and oxygen atoms in total. The van der Waals surface area contributed by atoms with Gasteiger partial charge in [-0.3, -0.25) is 9.69 Å². The van der Waals surface area contributed by atoms with E-state index in [9.17, 15) is 4.79 Å². The average Bonchev–Trinajstić information content (AvgIpc) is 2.45. The van der Waals surface area contributed by atoms with E-state index >= 15 is 0 Å². The smallest absolute Gasteiger partial charge is 0.255 e. The van der Waals surface area contributed by atoms with Crippen molar-refractivity contribution in [2.24, 2.45) is 0 Å². The highest BCUT2D eigenvalue weighted by Crippen LogP contribution is 2.21. The summed E-state index contributed by atoms with van der Waals surface area (Å²) in [5, 5.41) is 3.36. The topological polar surface area (TPSA) is 48.5 Å². The molecule has 21 heavy (non-hydrogen) atoms. The van der Waals surface area contributed by atoms with Crippen LogP contribution >= 0.6 is 11.6 Å². The predicted molar refractivity (Wildman–Crippen MR) is 86.0 cm³/mol. The van der Waals surface area contributed by atoms with Crippen LogP contribution in [-0.2, 0) is 0 Å². The number of halogens is 1. The molecule has 6 heteroatoms. The molecule has 1 aliphatic heterocycles. The molecule has 0 unspecified atom stereocenters. The molecule has 0 atom stereocenters. The van der Waals surface area contributed by atoms with Gasteiger partial charge >= 0.3 is 0 Å². The highest BCUT2D eigenvalue weighted by molar-refractivity contribution is 6.33. The Balaban J connectivity index is 2.04. The van der Waals surface area contributed by atoms with Gasteiger partial charge < -0.3 is 10.2 Å². The molecule has 0 bridgehead atoms. The highest BCUT2D eigenvalue weighted by atomic mass is 35.5. The molecule has 0 saturated carbocycles. The molecule has 0 aliphatic carbocycles. The molecule has 0 spiro atoms. The molecule has 2 heterocycles. The van der Waals surface area contributed by atoms with Crippen LogP contribution in [-0.4, -0.2) is 59.5 Å². The molecule has 0 radical (unpaired) electrons. The van der Waals surface area contributed by atoms with Crippen molar-refractivity contribution in [3.8, 4) is 0 Å². The van der Waals surface area contributed by atoms with Crippen LogP contribution in [0.25, 0.3) is 0 Å². The van der Waals surface area contributed by atoms with Crippen molar-refractivity contribution in [3.05, 3.63) is 22.8 Å². The summed E-state index contributed by atoms with van der Waals surface area (Å²) in [6.45, 7) is 9.86. The largest absolute Gasteiger partial charge is 0.372 e. The van der Waals surface area contributed by atoms with Gasteiger partial charge in [-0.15, -0.1) is 0 Å². The zero-order valence-corrected chi connectivity index (χ0v) is 13.9. The van der Waals surface area contributed by atoms with E-state index in [1.54, 1.807) is 19.3 Å². The molecule has 116 valence electrons. The average molecular weight is 311 g/mol. The fraction of sp³-hybridized carbons (Fsp3) is 0.600. The van der Waals surface area contributed by atoms with Crippen LogP contribution in [0.4, 0.5) is 5.82 Å². The highest BCUT2D eigenvalue weighted by Gasteiger charge is 2.28. The number of nitrogens with one attached hydrogen (secondary N) is 1. The van der Waals surface area contributed by atoms with E-state index in [0.717, 1.165) is 26.2 Å². The lowest BCUT2D eigenvalue weighted by Gasteiger charge is -2.42. The lowest BCUT2D eigenvalue weighted by Crippen LogP contribution is -2.54. The van der Waals surface area contributed by atoms with E-state index in [-0.39, 0.29) is 11.4 Å². The van der Waals surface area contributed by atoms with Gasteiger partial charge in [0.05, 0.1) is 10.6 Å². The second kappa shape index (κ2) is 6.20. The third-order valence-electron chi connectivity index (χ3n) is 3.84. The van der Waals surface area contributed by atoms with E-state index in [1.807, 2.05) is 4.90 Å². The lowest BCUT2D eigenvalue weighted by molar-refractivity contribution is 0.0451.